The maximum atomic E-state index is 13.5. The second-order valence-electron chi connectivity index (χ2n) is 8.36. The molecular weight excluding hydrogens is 471 g/mol. The lowest BCUT2D eigenvalue weighted by molar-refractivity contribution is 0.0964. The Hall–Kier alpha value is -3.53. The van der Waals surface area contributed by atoms with Gasteiger partial charge in [0.1, 0.15) is 17.4 Å². The number of hydrogen-bond acceptors (Lipinski definition) is 6. The average Bonchev–Trinajstić information content (AvgIpc) is 3.21. The van der Waals surface area contributed by atoms with Gasteiger partial charge in [0, 0.05) is 31.6 Å². The standard InChI is InChI=1S/C25H27FN4O4S/c1-4-17-15-20-21(24(31)27-2)22(18-5-7-19(26)8-6-18)34-25(20)29-23(17)30(35(3,32)33)14-11-16-9-12-28-13-10-16/h5-9,12-13,15-16H,4,10-11,14H2,1-3H3,(H,27,31). The van der Waals surface area contributed by atoms with Crippen molar-refractivity contribution in [2.75, 3.05) is 24.2 Å². The molecule has 10 heteroatoms. The van der Waals surface area contributed by atoms with E-state index in [0.717, 1.165) is 12.7 Å². The molecule has 184 valence electrons. The molecule has 4 rings (SSSR count). The van der Waals surface area contributed by atoms with E-state index < -0.39 is 15.8 Å². The van der Waals surface area contributed by atoms with Crippen molar-refractivity contribution < 1.29 is 22.0 Å². The topological polar surface area (TPSA) is 105 Å². The summed E-state index contributed by atoms with van der Waals surface area (Å²) in [6.07, 6.45) is 8.49. The summed E-state index contributed by atoms with van der Waals surface area (Å²) >= 11 is 0. The van der Waals surface area contributed by atoms with Gasteiger partial charge in [-0.25, -0.2) is 12.8 Å². The summed E-state index contributed by atoms with van der Waals surface area (Å²) in [5.41, 5.74) is 1.57. The van der Waals surface area contributed by atoms with Gasteiger partial charge in [0.05, 0.1) is 17.2 Å². The highest BCUT2D eigenvalue weighted by Crippen LogP contribution is 2.36. The third-order valence-electron chi connectivity index (χ3n) is 5.98. The van der Waals surface area contributed by atoms with Crippen LogP contribution >= 0.6 is 0 Å². The van der Waals surface area contributed by atoms with Crippen LogP contribution in [0.1, 0.15) is 35.7 Å². The molecule has 1 atom stereocenters. The highest BCUT2D eigenvalue weighted by Gasteiger charge is 2.28. The van der Waals surface area contributed by atoms with E-state index in [9.17, 15) is 17.6 Å². The molecule has 1 aromatic carbocycles. The summed E-state index contributed by atoms with van der Waals surface area (Å²) in [7, 11) is -2.14. The van der Waals surface area contributed by atoms with Gasteiger partial charge in [0.15, 0.2) is 0 Å². The number of rotatable bonds is 8. The van der Waals surface area contributed by atoms with Crippen LogP contribution in [-0.4, -0.2) is 45.4 Å². The number of hydrogen-bond donors (Lipinski definition) is 1. The number of pyridine rings is 1. The molecule has 0 radical (unpaired) electrons. The highest BCUT2D eigenvalue weighted by molar-refractivity contribution is 7.92. The quantitative estimate of drug-likeness (QED) is 0.498. The Kier molecular flexibility index (Phi) is 7.02. The third kappa shape index (κ3) is 5.12. The number of sulfonamides is 1. The maximum Gasteiger partial charge on any atom is 0.255 e. The van der Waals surface area contributed by atoms with E-state index >= 15 is 0 Å². The van der Waals surface area contributed by atoms with E-state index in [1.165, 1.54) is 35.6 Å². The molecule has 0 spiro atoms. The summed E-state index contributed by atoms with van der Waals surface area (Å²) in [5.74, 6) is -0.102. The van der Waals surface area contributed by atoms with Gasteiger partial charge in [-0.15, -0.1) is 0 Å². The van der Waals surface area contributed by atoms with Crippen LogP contribution in [-0.2, 0) is 16.4 Å². The van der Waals surface area contributed by atoms with Crippen molar-refractivity contribution in [2.24, 2.45) is 10.9 Å². The SMILES string of the molecule is CCc1cc2c(C(=O)NC)c(-c3ccc(F)cc3)oc2nc1N(CCC1C=CN=CC1)S(C)(=O)=O. The Morgan fingerprint density at radius 2 is 2.03 bits per heavy atom. The summed E-state index contributed by atoms with van der Waals surface area (Å²) in [6, 6.07) is 7.35. The van der Waals surface area contributed by atoms with Gasteiger partial charge in [0.25, 0.3) is 5.91 Å². The summed E-state index contributed by atoms with van der Waals surface area (Å²) in [5, 5.41) is 3.07. The zero-order valence-electron chi connectivity index (χ0n) is 19.8. The van der Waals surface area contributed by atoms with E-state index in [-0.39, 0.29) is 41.2 Å². The third-order valence-corrected chi connectivity index (χ3v) is 7.13. The van der Waals surface area contributed by atoms with E-state index in [2.05, 4.69) is 15.3 Å². The Morgan fingerprint density at radius 3 is 2.63 bits per heavy atom. The van der Waals surface area contributed by atoms with Gasteiger partial charge in [-0.3, -0.25) is 14.1 Å². The predicted molar refractivity (Wildman–Crippen MR) is 135 cm³/mol. The monoisotopic (exact) mass is 498 g/mol. The van der Waals surface area contributed by atoms with Gasteiger partial charge < -0.3 is 9.73 Å². The van der Waals surface area contributed by atoms with Crippen molar-refractivity contribution in [3.63, 3.8) is 0 Å². The number of furan rings is 1. The Morgan fingerprint density at radius 1 is 1.29 bits per heavy atom. The van der Waals surface area contributed by atoms with Crippen molar-refractivity contribution in [3.8, 4) is 11.3 Å². The molecule has 8 nitrogen and oxygen atoms in total. The van der Waals surface area contributed by atoms with Crippen LogP contribution in [0.15, 0.2) is 52.0 Å². The van der Waals surface area contributed by atoms with E-state index in [1.54, 1.807) is 12.3 Å². The van der Waals surface area contributed by atoms with Crippen LogP contribution in [0.2, 0.25) is 0 Å². The second kappa shape index (κ2) is 9.99. The number of aryl methyl sites for hydroxylation is 1. The molecule has 0 saturated heterocycles. The second-order valence-corrected chi connectivity index (χ2v) is 10.3. The normalized spacial score (nSPS) is 15.5. The lowest BCUT2D eigenvalue weighted by Crippen LogP contribution is -2.33. The molecule has 1 aliphatic heterocycles. The van der Waals surface area contributed by atoms with E-state index in [0.29, 0.717) is 29.4 Å². The van der Waals surface area contributed by atoms with Crippen LogP contribution in [0.4, 0.5) is 10.2 Å². The first kappa shape index (κ1) is 24.6. The first-order chi connectivity index (χ1) is 16.7. The molecule has 0 fully saturated rings. The molecular formula is C25H27FN4O4S. The van der Waals surface area contributed by atoms with Crippen LogP contribution in [0.3, 0.4) is 0 Å². The Balaban J connectivity index is 1.84. The smallest absolute Gasteiger partial charge is 0.255 e. The van der Waals surface area contributed by atoms with Crippen molar-refractivity contribution >= 4 is 39.1 Å². The molecule has 0 aliphatic carbocycles. The Bertz CT molecular complexity index is 1410. The number of allylic oxidation sites excluding steroid dienone is 1. The van der Waals surface area contributed by atoms with Gasteiger partial charge in [-0.1, -0.05) is 13.0 Å². The molecule has 0 bridgehead atoms. The fourth-order valence-electron chi connectivity index (χ4n) is 4.12. The van der Waals surface area contributed by atoms with Gasteiger partial charge >= 0.3 is 0 Å². The first-order valence-electron chi connectivity index (χ1n) is 11.3. The molecule has 1 aliphatic rings. The van der Waals surface area contributed by atoms with Crippen LogP contribution in [0.25, 0.3) is 22.4 Å². The minimum atomic E-state index is -3.65. The molecule has 3 heterocycles. The number of anilines is 1. The van der Waals surface area contributed by atoms with Gasteiger partial charge in [-0.05, 0) is 61.1 Å². The summed E-state index contributed by atoms with van der Waals surface area (Å²) in [6.45, 7) is 2.13. The number of fused-ring (bicyclic) bond motifs is 1. The molecule has 1 amide bonds. The van der Waals surface area contributed by atoms with Crippen LogP contribution < -0.4 is 9.62 Å². The maximum absolute atomic E-state index is 13.5. The molecule has 1 N–H and O–H groups in total. The number of aromatic nitrogens is 1. The predicted octanol–water partition coefficient (Wildman–Crippen LogP) is 4.32. The highest BCUT2D eigenvalue weighted by atomic mass is 32.2. The summed E-state index contributed by atoms with van der Waals surface area (Å²) in [4.78, 5) is 21.5. The number of amides is 1. The van der Waals surface area contributed by atoms with Crippen molar-refractivity contribution in [3.05, 3.63) is 59.6 Å². The largest absolute Gasteiger partial charge is 0.437 e. The first-order valence-corrected chi connectivity index (χ1v) is 13.2. The Labute approximate surface area is 203 Å². The van der Waals surface area contributed by atoms with Crippen LogP contribution in [0, 0.1) is 11.7 Å². The van der Waals surface area contributed by atoms with Crippen molar-refractivity contribution in [1.82, 2.24) is 10.3 Å². The van der Waals surface area contributed by atoms with Crippen molar-refractivity contribution in [1.29, 1.82) is 0 Å². The molecule has 3 aromatic rings. The lowest BCUT2D eigenvalue weighted by Gasteiger charge is -2.25. The lowest BCUT2D eigenvalue weighted by atomic mass is 10.0. The van der Waals surface area contributed by atoms with E-state index in [4.69, 9.17) is 4.42 Å². The molecule has 1 unspecified atom stereocenters. The van der Waals surface area contributed by atoms with Gasteiger partial charge in [0.2, 0.25) is 15.7 Å². The number of nitrogens with one attached hydrogen (secondary N) is 1. The fraction of sp³-hybridized carbons (Fsp3) is 0.320. The minimum absolute atomic E-state index is 0.133. The van der Waals surface area contributed by atoms with Crippen LogP contribution in [0.5, 0.6) is 0 Å². The summed E-state index contributed by atoms with van der Waals surface area (Å²) < 4.78 is 46.4. The average molecular weight is 499 g/mol. The number of carbonyl (C=O) groups is 1. The zero-order valence-corrected chi connectivity index (χ0v) is 20.6. The number of nitrogens with zero attached hydrogens (tertiary/aromatic N) is 3. The molecule has 35 heavy (non-hydrogen) atoms. The zero-order chi connectivity index (χ0) is 25.2. The van der Waals surface area contributed by atoms with Gasteiger partial charge in [-0.2, -0.15) is 4.98 Å². The molecule has 0 saturated carbocycles. The van der Waals surface area contributed by atoms with Crippen molar-refractivity contribution in [2.45, 2.75) is 26.2 Å². The minimum Gasteiger partial charge on any atom is -0.437 e. The fourth-order valence-corrected chi connectivity index (χ4v) is 5.03. The number of benzene rings is 1. The van der Waals surface area contributed by atoms with E-state index in [1.807, 2.05) is 19.2 Å². The number of halogens is 1. The number of aliphatic imine (C=N–C) groups is 1. The number of carbonyl (C=O) groups excluding carboxylic acids is 1. The molecule has 2 aromatic heterocycles.